The third-order valence-corrected chi connectivity index (χ3v) is 2.91. The molecule has 0 aromatic carbocycles. The Morgan fingerprint density at radius 1 is 1.40 bits per heavy atom. The fraction of sp³-hybridized carbons (Fsp3) is 0.818. The number of carbonyl (C=O) groups excluding carboxylic acids is 1. The second kappa shape index (κ2) is 6.56. The average Bonchev–Trinajstić information content (AvgIpc) is 2.25. The second-order valence-electron chi connectivity index (χ2n) is 4.14. The number of rotatable bonds is 6. The van der Waals surface area contributed by atoms with Gasteiger partial charge in [0, 0.05) is 12.5 Å². The van der Waals surface area contributed by atoms with Gasteiger partial charge in [0.05, 0.1) is 0 Å². The highest BCUT2D eigenvalue weighted by Crippen LogP contribution is 2.18. The maximum atomic E-state index is 10.9. The van der Waals surface area contributed by atoms with E-state index in [4.69, 9.17) is 5.11 Å². The van der Waals surface area contributed by atoms with Crippen LogP contribution in [-0.2, 0) is 9.59 Å². The smallest absolute Gasteiger partial charge is 0.320 e. The number of carbonyl (C=O) groups is 2. The van der Waals surface area contributed by atoms with Crippen molar-refractivity contribution >= 4 is 12.3 Å². The lowest BCUT2D eigenvalue weighted by Crippen LogP contribution is -2.44. The third-order valence-electron chi connectivity index (χ3n) is 2.91. The van der Waals surface area contributed by atoms with Gasteiger partial charge in [0.1, 0.15) is 12.3 Å². The molecule has 1 aliphatic carbocycles. The Morgan fingerprint density at radius 3 is 2.60 bits per heavy atom. The van der Waals surface area contributed by atoms with Crippen LogP contribution in [0.3, 0.4) is 0 Å². The summed E-state index contributed by atoms with van der Waals surface area (Å²) in [4.78, 5) is 21.1. The number of carboxylic acid groups (broad SMARTS) is 1. The zero-order valence-corrected chi connectivity index (χ0v) is 8.95. The monoisotopic (exact) mass is 213 g/mol. The molecule has 4 heteroatoms. The maximum Gasteiger partial charge on any atom is 0.320 e. The summed E-state index contributed by atoms with van der Waals surface area (Å²) in [5, 5.41) is 12.1. The van der Waals surface area contributed by atoms with Crippen LogP contribution in [0.25, 0.3) is 0 Å². The second-order valence-corrected chi connectivity index (χ2v) is 4.14. The van der Waals surface area contributed by atoms with E-state index in [1.165, 1.54) is 19.3 Å². The minimum Gasteiger partial charge on any atom is -0.480 e. The quantitative estimate of drug-likeness (QED) is 0.653. The van der Waals surface area contributed by atoms with E-state index < -0.39 is 12.0 Å². The van der Waals surface area contributed by atoms with Gasteiger partial charge in [-0.15, -0.1) is 0 Å². The van der Waals surface area contributed by atoms with Gasteiger partial charge in [-0.25, -0.2) is 0 Å². The molecule has 0 radical (unpaired) electrons. The van der Waals surface area contributed by atoms with Crippen molar-refractivity contribution in [1.29, 1.82) is 0 Å². The van der Waals surface area contributed by atoms with Gasteiger partial charge < -0.3 is 15.2 Å². The fourth-order valence-corrected chi connectivity index (χ4v) is 2.07. The summed E-state index contributed by atoms with van der Waals surface area (Å²) in [5.41, 5.74) is 0. The number of aliphatic carboxylic acids is 1. The van der Waals surface area contributed by atoms with E-state index in [1.54, 1.807) is 0 Å². The zero-order valence-electron chi connectivity index (χ0n) is 8.95. The van der Waals surface area contributed by atoms with Crippen molar-refractivity contribution in [2.24, 2.45) is 0 Å². The van der Waals surface area contributed by atoms with Gasteiger partial charge in [-0.2, -0.15) is 0 Å². The molecule has 0 aliphatic heterocycles. The Balaban J connectivity index is 2.34. The summed E-state index contributed by atoms with van der Waals surface area (Å²) in [7, 11) is 0. The van der Waals surface area contributed by atoms with E-state index in [2.05, 4.69) is 5.32 Å². The van der Waals surface area contributed by atoms with Crippen LogP contribution >= 0.6 is 0 Å². The first kappa shape index (κ1) is 12.2. The molecule has 86 valence electrons. The third kappa shape index (κ3) is 4.42. The van der Waals surface area contributed by atoms with Crippen LogP contribution in [0.2, 0.25) is 0 Å². The highest BCUT2D eigenvalue weighted by molar-refractivity contribution is 5.73. The summed E-state index contributed by atoms with van der Waals surface area (Å²) >= 11 is 0. The first-order valence-corrected chi connectivity index (χ1v) is 5.66. The molecule has 1 saturated carbocycles. The zero-order chi connectivity index (χ0) is 11.1. The van der Waals surface area contributed by atoms with Crippen LogP contribution in [0.15, 0.2) is 0 Å². The van der Waals surface area contributed by atoms with Crippen LogP contribution in [0, 0.1) is 0 Å². The van der Waals surface area contributed by atoms with Gasteiger partial charge in [0.2, 0.25) is 0 Å². The van der Waals surface area contributed by atoms with E-state index in [0.29, 0.717) is 18.9 Å². The lowest BCUT2D eigenvalue weighted by Gasteiger charge is -2.26. The molecule has 2 N–H and O–H groups in total. The molecule has 1 rings (SSSR count). The van der Waals surface area contributed by atoms with Crippen molar-refractivity contribution in [3.05, 3.63) is 0 Å². The summed E-state index contributed by atoms with van der Waals surface area (Å²) in [6.45, 7) is 0. The van der Waals surface area contributed by atoms with E-state index in [0.717, 1.165) is 19.1 Å². The van der Waals surface area contributed by atoms with Crippen LogP contribution < -0.4 is 5.32 Å². The predicted molar refractivity (Wildman–Crippen MR) is 56.7 cm³/mol. The van der Waals surface area contributed by atoms with Crippen LogP contribution in [0.4, 0.5) is 0 Å². The van der Waals surface area contributed by atoms with Crippen molar-refractivity contribution in [2.75, 3.05) is 0 Å². The Hall–Kier alpha value is -0.900. The Morgan fingerprint density at radius 2 is 2.07 bits per heavy atom. The van der Waals surface area contributed by atoms with Crippen molar-refractivity contribution in [3.8, 4) is 0 Å². The Labute approximate surface area is 90.0 Å². The number of aldehydes is 1. The Bertz CT molecular complexity index is 212. The SMILES string of the molecule is O=CCCC(NC1CCCCC1)C(=O)O. The molecule has 4 nitrogen and oxygen atoms in total. The molecule has 0 bridgehead atoms. The van der Waals surface area contributed by atoms with Crippen LogP contribution in [-0.4, -0.2) is 29.4 Å². The molecule has 1 aliphatic rings. The van der Waals surface area contributed by atoms with Gasteiger partial charge in [-0.05, 0) is 19.3 Å². The minimum absolute atomic E-state index is 0.316. The normalized spacial score (nSPS) is 19.7. The standard InChI is InChI=1S/C11H19NO3/c13-8-4-7-10(11(14)15)12-9-5-2-1-3-6-9/h8-10,12H,1-7H2,(H,14,15). The van der Waals surface area contributed by atoms with Gasteiger partial charge in [-0.3, -0.25) is 4.79 Å². The van der Waals surface area contributed by atoms with Gasteiger partial charge in [0.25, 0.3) is 0 Å². The van der Waals surface area contributed by atoms with Crippen LogP contribution in [0.5, 0.6) is 0 Å². The molecular weight excluding hydrogens is 194 g/mol. The molecule has 0 aromatic rings. The van der Waals surface area contributed by atoms with Crippen molar-refractivity contribution in [3.63, 3.8) is 0 Å². The molecule has 1 unspecified atom stereocenters. The molecule has 0 spiro atoms. The number of hydrogen-bond donors (Lipinski definition) is 2. The fourth-order valence-electron chi connectivity index (χ4n) is 2.07. The van der Waals surface area contributed by atoms with E-state index in [1.807, 2.05) is 0 Å². The highest BCUT2D eigenvalue weighted by Gasteiger charge is 2.22. The van der Waals surface area contributed by atoms with Gasteiger partial charge in [0.15, 0.2) is 0 Å². The van der Waals surface area contributed by atoms with Gasteiger partial charge in [-0.1, -0.05) is 19.3 Å². The Kier molecular flexibility index (Phi) is 5.32. The molecule has 0 heterocycles. The maximum absolute atomic E-state index is 10.9. The molecule has 0 amide bonds. The topological polar surface area (TPSA) is 66.4 Å². The number of carboxylic acids is 1. The van der Waals surface area contributed by atoms with E-state index >= 15 is 0 Å². The van der Waals surface area contributed by atoms with E-state index in [-0.39, 0.29) is 0 Å². The summed E-state index contributed by atoms with van der Waals surface area (Å²) in [5.74, 6) is -0.845. The van der Waals surface area contributed by atoms with Crippen molar-refractivity contribution < 1.29 is 14.7 Å². The summed E-state index contributed by atoms with van der Waals surface area (Å²) in [6.07, 6.45) is 7.22. The number of hydrogen-bond acceptors (Lipinski definition) is 3. The van der Waals surface area contributed by atoms with Crippen LogP contribution in [0.1, 0.15) is 44.9 Å². The minimum atomic E-state index is -0.845. The molecule has 0 aromatic heterocycles. The lowest BCUT2D eigenvalue weighted by molar-refractivity contribution is -0.140. The molecule has 15 heavy (non-hydrogen) atoms. The lowest BCUT2D eigenvalue weighted by atomic mass is 9.94. The molecule has 1 atom stereocenters. The van der Waals surface area contributed by atoms with Crippen molar-refractivity contribution in [2.45, 2.75) is 57.0 Å². The first-order valence-electron chi connectivity index (χ1n) is 5.66. The van der Waals surface area contributed by atoms with E-state index in [9.17, 15) is 9.59 Å². The first-order chi connectivity index (χ1) is 7.24. The largest absolute Gasteiger partial charge is 0.480 e. The number of nitrogens with one attached hydrogen (secondary N) is 1. The molecule has 1 fully saturated rings. The van der Waals surface area contributed by atoms with Crippen molar-refractivity contribution in [1.82, 2.24) is 5.32 Å². The predicted octanol–water partition coefficient (Wildman–Crippen LogP) is 1.34. The summed E-state index contributed by atoms with van der Waals surface area (Å²) < 4.78 is 0. The molecule has 0 saturated heterocycles. The van der Waals surface area contributed by atoms with Gasteiger partial charge >= 0.3 is 5.97 Å². The average molecular weight is 213 g/mol. The molecular formula is C11H19NO3. The highest BCUT2D eigenvalue weighted by atomic mass is 16.4. The summed E-state index contributed by atoms with van der Waals surface area (Å²) in [6, 6.07) is -0.232.